The van der Waals surface area contributed by atoms with E-state index in [-0.39, 0.29) is 35.1 Å². The molecule has 8 nitrogen and oxygen atoms in total. The highest BCUT2D eigenvalue weighted by Gasteiger charge is 2.35. The molecule has 0 radical (unpaired) electrons. The van der Waals surface area contributed by atoms with Crippen LogP contribution in [0.2, 0.25) is 0 Å². The molecule has 0 bridgehead atoms. The van der Waals surface area contributed by atoms with Gasteiger partial charge in [-0.3, -0.25) is 4.79 Å². The maximum atomic E-state index is 13.2. The topological polar surface area (TPSA) is 94.2 Å². The first-order chi connectivity index (χ1) is 13.5. The summed E-state index contributed by atoms with van der Waals surface area (Å²) < 4.78 is 43.7. The average Bonchev–Trinajstić information content (AvgIpc) is 3.25. The van der Waals surface area contributed by atoms with Crippen molar-refractivity contribution in [3.8, 4) is 11.5 Å². The van der Waals surface area contributed by atoms with Gasteiger partial charge in [-0.05, 0) is 37.8 Å². The molecule has 0 unspecified atom stereocenters. The summed E-state index contributed by atoms with van der Waals surface area (Å²) in [6.45, 7) is 1.74. The Balaban J connectivity index is 1.71. The van der Waals surface area contributed by atoms with Crippen molar-refractivity contribution < 1.29 is 27.4 Å². The van der Waals surface area contributed by atoms with Crippen LogP contribution in [-0.2, 0) is 19.6 Å². The Morgan fingerprint density at radius 1 is 1.25 bits per heavy atom. The van der Waals surface area contributed by atoms with Gasteiger partial charge in [-0.25, -0.2) is 8.42 Å². The number of rotatable bonds is 7. The first-order valence-corrected chi connectivity index (χ1v) is 11.0. The van der Waals surface area contributed by atoms with Crippen LogP contribution in [0.4, 0.5) is 0 Å². The molecule has 2 heterocycles. The first kappa shape index (κ1) is 20.9. The van der Waals surface area contributed by atoms with Gasteiger partial charge in [-0.2, -0.15) is 4.31 Å². The highest BCUT2D eigenvalue weighted by Crippen LogP contribution is 2.32. The Labute approximate surface area is 166 Å². The van der Waals surface area contributed by atoms with E-state index < -0.39 is 10.0 Å². The Hall–Kier alpha value is -1.84. The van der Waals surface area contributed by atoms with Crippen molar-refractivity contribution in [3.63, 3.8) is 0 Å². The van der Waals surface area contributed by atoms with Gasteiger partial charge < -0.3 is 19.5 Å². The second-order valence-electron chi connectivity index (χ2n) is 7.10. The summed E-state index contributed by atoms with van der Waals surface area (Å²) in [4.78, 5) is 12.6. The van der Waals surface area contributed by atoms with Gasteiger partial charge in [-0.1, -0.05) is 0 Å². The van der Waals surface area contributed by atoms with Crippen molar-refractivity contribution >= 4 is 15.9 Å². The Morgan fingerprint density at radius 3 is 2.75 bits per heavy atom. The van der Waals surface area contributed by atoms with E-state index in [1.54, 1.807) is 12.1 Å². The Bertz CT molecular complexity index is 792. The van der Waals surface area contributed by atoms with E-state index >= 15 is 0 Å². The summed E-state index contributed by atoms with van der Waals surface area (Å²) in [6, 6.07) is 4.67. The van der Waals surface area contributed by atoms with Crippen molar-refractivity contribution in [1.29, 1.82) is 0 Å². The second-order valence-corrected chi connectivity index (χ2v) is 9.01. The molecular formula is C19H28N2O6S. The van der Waals surface area contributed by atoms with Gasteiger partial charge in [0.15, 0.2) is 0 Å². The number of ether oxygens (including phenoxy) is 3. The predicted molar refractivity (Wildman–Crippen MR) is 103 cm³/mol. The van der Waals surface area contributed by atoms with Gasteiger partial charge in [-0.15, -0.1) is 0 Å². The largest absolute Gasteiger partial charge is 0.497 e. The van der Waals surface area contributed by atoms with E-state index in [0.29, 0.717) is 31.7 Å². The highest BCUT2D eigenvalue weighted by molar-refractivity contribution is 7.89. The Kier molecular flexibility index (Phi) is 6.79. The zero-order chi connectivity index (χ0) is 20.1. The molecule has 1 aromatic rings. The van der Waals surface area contributed by atoms with Crippen molar-refractivity contribution in [3.05, 3.63) is 18.2 Å². The van der Waals surface area contributed by atoms with E-state index in [4.69, 9.17) is 14.2 Å². The average molecular weight is 413 g/mol. The van der Waals surface area contributed by atoms with Crippen LogP contribution in [-0.4, -0.2) is 65.2 Å². The van der Waals surface area contributed by atoms with Gasteiger partial charge in [0.05, 0.1) is 26.2 Å². The maximum Gasteiger partial charge on any atom is 0.246 e. The lowest BCUT2D eigenvalue weighted by molar-refractivity contribution is -0.126. The molecule has 156 valence electrons. The lowest BCUT2D eigenvalue weighted by Crippen LogP contribution is -2.46. The number of benzene rings is 1. The number of carbonyl (C=O) groups excluding carboxylic acids is 1. The van der Waals surface area contributed by atoms with Crippen LogP contribution in [0.3, 0.4) is 0 Å². The smallest absolute Gasteiger partial charge is 0.246 e. The number of nitrogens with one attached hydrogen (secondary N) is 1. The predicted octanol–water partition coefficient (Wildman–Crippen LogP) is 1.40. The van der Waals surface area contributed by atoms with Gasteiger partial charge in [0.25, 0.3) is 0 Å². The van der Waals surface area contributed by atoms with Gasteiger partial charge >= 0.3 is 0 Å². The first-order valence-electron chi connectivity index (χ1n) is 9.57. The monoisotopic (exact) mass is 412 g/mol. The molecule has 2 aliphatic heterocycles. The third-order valence-corrected chi connectivity index (χ3v) is 7.16. The summed E-state index contributed by atoms with van der Waals surface area (Å²) in [5.74, 6) is 0.197. The molecule has 2 saturated heterocycles. The van der Waals surface area contributed by atoms with Crippen LogP contribution in [0, 0.1) is 5.92 Å². The van der Waals surface area contributed by atoms with Gasteiger partial charge in [0, 0.05) is 32.3 Å². The number of sulfonamides is 1. The molecule has 2 aliphatic rings. The van der Waals surface area contributed by atoms with E-state index in [9.17, 15) is 13.2 Å². The molecule has 2 atom stereocenters. The maximum absolute atomic E-state index is 13.2. The molecule has 1 amide bonds. The lowest BCUT2D eigenvalue weighted by atomic mass is 9.99. The normalized spacial score (nSPS) is 23.4. The molecule has 28 heavy (non-hydrogen) atoms. The van der Waals surface area contributed by atoms with Crippen molar-refractivity contribution in [2.24, 2.45) is 5.92 Å². The number of hydrogen-bond acceptors (Lipinski definition) is 6. The fourth-order valence-electron chi connectivity index (χ4n) is 3.66. The summed E-state index contributed by atoms with van der Waals surface area (Å²) in [6.07, 6.45) is 3.31. The van der Waals surface area contributed by atoms with Crippen LogP contribution >= 0.6 is 0 Å². The summed E-state index contributed by atoms with van der Waals surface area (Å²) in [7, 11) is -0.902. The highest BCUT2D eigenvalue weighted by atomic mass is 32.2. The Morgan fingerprint density at radius 2 is 2.07 bits per heavy atom. The van der Waals surface area contributed by atoms with Crippen LogP contribution in [0.15, 0.2) is 23.1 Å². The molecule has 0 aromatic heterocycles. The van der Waals surface area contributed by atoms with Crippen LogP contribution in [0.5, 0.6) is 11.5 Å². The molecule has 3 rings (SSSR count). The minimum atomic E-state index is -3.81. The van der Waals surface area contributed by atoms with Crippen LogP contribution in [0.1, 0.15) is 25.7 Å². The second kappa shape index (κ2) is 9.11. The number of piperidine rings is 1. The summed E-state index contributed by atoms with van der Waals surface area (Å²) in [5.41, 5.74) is 0. The molecule has 0 spiro atoms. The van der Waals surface area contributed by atoms with Crippen molar-refractivity contribution in [2.75, 3.05) is 40.5 Å². The minimum Gasteiger partial charge on any atom is -0.497 e. The molecule has 1 aromatic carbocycles. The standard InChI is InChI=1S/C19H28N2O6S/c1-25-15-7-8-17(26-2)18(11-15)28(23,24)21-9-3-5-14(13-21)19(22)20-12-16-6-4-10-27-16/h7-8,11,14,16H,3-6,9-10,12-13H2,1-2H3,(H,20,22)/t14-,16-/m1/s1. The van der Waals surface area contributed by atoms with Gasteiger partial charge in [0.1, 0.15) is 16.4 Å². The number of carbonyl (C=O) groups is 1. The van der Waals surface area contributed by atoms with Crippen molar-refractivity contribution in [2.45, 2.75) is 36.7 Å². The fraction of sp³-hybridized carbons (Fsp3) is 0.632. The molecule has 0 saturated carbocycles. The van der Waals surface area contributed by atoms with Gasteiger partial charge in [0.2, 0.25) is 15.9 Å². The van der Waals surface area contributed by atoms with Crippen molar-refractivity contribution in [1.82, 2.24) is 9.62 Å². The summed E-state index contributed by atoms with van der Waals surface area (Å²) in [5, 5.41) is 2.92. The van der Waals surface area contributed by atoms with E-state index in [2.05, 4.69) is 5.32 Å². The molecule has 1 N–H and O–H groups in total. The molecule has 2 fully saturated rings. The van der Waals surface area contributed by atoms with E-state index in [1.165, 1.54) is 24.6 Å². The zero-order valence-electron chi connectivity index (χ0n) is 16.3. The number of hydrogen-bond donors (Lipinski definition) is 1. The van der Waals surface area contributed by atoms with E-state index in [1.807, 2.05) is 0 Å². The lowest BCUT2D eigenvalue weighted by Gasteiger charge is -2.31. The SMILES string of the molecule is COc1ccc(OC)c(S(=O)(=O)N2CCC[C@@H](C(=O)NC[C@H]3CCCO3)C2)c1. The number of methoxy groups -OCH3 is 2. The van der Waals surface area contributed by atoms with Crippen LogP contribution < -0.4 is 14.8 Å². The third kappa shape index (κ3) is 4.59. The quantitative estimate of drug-likeness (QED) is 0.728. The van der Waals surface area contributed by atoms with E-state index in [0.717, 1.165) is 19.4 Å². The van der Waals surface area contributed by atoms with Crippen LogP contribution in [0.25, 0.3) is 0 Å². The number of nitrogens with zero attached hydrogens (tertiary/aromatic N) is 1. The summed E-state index contributed by atoms with van der Waals surface area (Å²) >= 11 is 0. The molecule has 0 aliphatic carbocycles. The third-order valence-electron chi connectivity index (χ3n) is 5.27. The minimum absolute atomic E-state index is 0.0507. The zero-order valence-corrected chi connectivity index (χ0v) is 17.2. The fourth-order valence-corrected chi connectivity index (χ4v) is 5.36. The number of amides is 1. The molecular weight excluding hydrogens is 384 g/mol. The molecule has 9 heteroatoms.